The fraction of sp³-hybridized carbons (Fsp3) is 0.500. The molecular weight excluding hydrogens is 270 g/mol. The third-order valence-corrected chi connectivity index (χ3v) is 3.18. The van der Waals surface area contributed by atoms with E-state index in [0.717, 1.165) is 16.6 Å². The number of hydrogen-bond acceptors (Lipinski definition) is 3. The Morgan fingerprint density at radius 2 is 2.00 bits per heavy atom. The maximum atomic E-state index is 9.47. The third kappa shape index (κ3) is 3.47. The normalized spacial score (nSPS) is 14.5. The average molecular weight is 288 g/mol. The Kier molecular flexibility index (Phi) is 5.25. The van der Waals surface area contributed by atoms with E-state index in [1.54, 1.807) is 7.11 Å². The number of aliphatic hydroxyl groups excluding tert-OH is 1. The van der Waals surface area contributed by atoms with E-state index < -0.39 is 5.54 Å². The molecule has 1 rings (SSSR count). The Morgan fingerprint density at radius 3 is 2.44 bits per heavy atom. The average Bonchev–Trinajstić information content (AvgIpc) is 2.31. The summed E-state index contributed by atoms with van der Waals surface area (Å²) in [7, 11) is 1.64. The van der Waals surface area contributed by atoms with Crippen LogP contribution < -0.4 is 5.32 Å². The van der Waals surface area contributed by atoms with Crippen molar-refractivity contribution in [1.82, 2.24) is 0 Å². The summed E-state index contributed by atoms with van der Waals surface area (Å²) in [6.45, 7) is 2.56. The number of anilines is 1. The molecule has 3 nitrogen and oxygen atoms in total. The summed E-state index contributed by atoms with van der Waals surface area (Å²) in [6, 6.07) is 7.87. The number of benzene rings is 1. The highest BCUT2D eigenvalue weighted by molar-refractivity contribution is 9.10. The van der Waals surface area contributed by atoms with Crippen LogP contribution in [0.5, 0.6) is 0 Å². The van der Waals surface area contributed by atoms with Crippen molar-refractivity contribution >= 4 is 21.6 Å². The molecule has 0 amide bonds. The van der Waals surface area contributed by atoms with Gasteiger partial charge >= 0.3 is 0 Å². The van der Waals surface area contributed by atoms with Gasteiger partial charge in [-0.05, 0) is 30.7 Å². The van der Waals surface area contributed by atoms with Gasteiger partial charge in [0.15, 0.2) is 0 Å². The number of aliphatic hydroxyl groups is 1. The van der Waals surface area contributed by atoms with Gasteiger partial charge in [-0.1, -0.05) is 22.9 Å². The fourth-order valence-corrected chi connectivity index (χ4v) is 1.80. The Hall–Kier alpha value is -0.580. The highest BCUT2D eigenvalue weighted by atomic mass is 79.9. The number of methoxy groups -OCH3 is 1. The van der Waals surface area contributed by atoms with Crippen LogP contribution in [0.3, 0.4) is 0 Å². The van der Waals surface area contributed by atoms with Gasteiger partial charge in [-0.2, -0.15) is 0 Å². The molecule has 0 radical (unpaired) electrons. The van der Waals surface area contributed by atoms with Crippen molar-refractivity contribution in [2.45, 2.75) is 18.9 Å². The second-order valence-corrected chi connectivity index (χ2v) is 4.77. The first-order chi connectivity index (χ1) is 7.65. The summed E-state index contributed by atoms with van der Waals surface area (Å²) in [6.07, 6.45) is 0.799. The smallest absolute Gasteiger partial charge is 0.0834 e. The van der Waals surface area contributed by atoms with E-state index in [4.69, 9.17) is 4.74 Å². The van der Waals surface area contributed by atoms with E-state index in [0.29, 0.717) is 6.61 Å². The summed E-state index contributed by atoms with van der Waals surface area (Å²) in [4.78, 5) is 0. The molecule has 0 saturated carbocycles. The van der Waals surface area contributed by atoms with E-state index in [1.165, 1.54) is 0 Å². The molecule has 0 aliphatic rings. The number of nitrogens with one attached hydrogen (secondary N) is 1. The summed E-state index contributed by atoms with van der Waals surface area (Å²) in [5.41, 5.74) is 0.582. The van der Waals surface area contributed by atoms with Crippen LogP contribution in [-0.2, 0) is 4.74 Å². The van der Waals surface area contributed by atoms with Crippen molar-refractivity contribution in [3.05, 3.63) is 28.7 Å². The second kappa shape index (κ2) is 6.23. The van der Waals surface area contributed by atoms with Crippen LogP contribution in [0.25, 0.3) is 0 Å². The monoisotopic (exact) mass is 287 g/mol. The first-order valence-electron chi connectivity index (χ1n) is 5.29. The fourth-order valence-electron chi connectivity index (χ4n) is 1.54. The molecule has 0 heterocycles. The molecule has 1 aromatic carbocycles. The van der Waals surface area contributed by atoms with Crippen LogP contribution in [0.2, 0.25) is 0 Å². The van der Waals surface area contributed by atoms with Crippen LogP contribution in [0.4, 0.5) is 5.69 Å². The lowest BCUT2D eigenvalue weighted by Gasteiger charge is -2.32. The molecule has 90 valence electrons. The standard InChI is InChI=1S/C12H18BrNO2/c1-3-12(8-15,9-16-2)14-11-6-4-10(13)5-7-11/h4-7,14-15H,3,8-9H2,1-2H3. The van der Waals surface area contributed by atoms with Gasteiger partial charge in [-0.15, -0.1) is 0 Å². The van der Waals surface area contributed by atoms with Crippen molar-refractivity contribution in [3.63, 3.8) is 0 Å². The first-order valence-corrected chi connectivity index (χ1v) is 6.08. The van der Waals surface area contributed by atoms with E-state index in [1.807, 2.05) is 31.2 Å². The minimum Gasteiger partial charge on any atom is -0.394 e. The molecule has 16 heavy (non-hydrogen) atoms. The zero-order valence-electron chi connectivity index (χ0n) is 9.66. The van der Waals surface area contributed by atoms with Gasteiger partial charge in [0.1, 0.15) is 0 Å². The SMILES string of the molecule is CCC(CO)(COC)Nc1ccc(Br)cc1. The zero-order chi connectivity index (χ0) is 12.0. The van der Waals surface area contributed by atoms with E-state index in [2.05, 4.69) is 21.2 Å². The molecule has 4 heteroatoms. The van der Waals surface area contributed by atoms with E-state index in [-0.39, 0.29) is 6.61 Å². The zero-order valence-corrected chi connectivity index (χ0v) is 11.3. The molecule has 0 aliphatic carbocycles. The van der Waals surface area contributed by atoms with Crippen LogP contribution in [0, 0.1) is 0 Å². The highest BCUT2D eigenvalue weighted by Gasteiger charge is 2.26. The van der Waals surface area contributed by atoms with Gasteiger partial charge in [0.05, 0.1) is 18.8 Å². The molecule has 0 aliphatic heterocycles. The molecule has 0 bridgehead atoms. The van der Waals surface area contributed by atoms with Gasteiger partial charge in [-0.3, -0.25) is 0 Å². The van der Waals surface area contributed by atoms with Gasteiger partial charge in [-0.25, -0.2) is 0 Å². The predicted octanol–water partition coefficient (Wildman–Crippen LogP) is 2.65. The topological polar surface area (TPSA) is 41.5 Å². The Balaban J connectivity index is 2.78. The van der Waals surface area contributed by atoms with Crippen LogP contribution in [0.15, 0.2) is 28.7 Å². The van der Waals surface area contributed by atoms with Crippen LogP contribution in [0.1, 0.15) is 13.3 Å². The molecule has 1 unspecified atom stereocenters. The van der Waals surface area contributed by atoms with Gasteiger partial charge < -0.3 is 15.2 Å². The summed E-state index contributed by atoms with van der Waals surface area (Å²) in [5.74, 6) is 0. The summed E-state index contributed by atoms with van der Waals surface area (Å²) < 4.78 is 6.19. The minimum absolute atomic E-state index is 0.0490. The summed E-state index contributed by atoms with van der Waals surface area (Å²) >= 11 is 3.39. The molecule has 0 saturated heterocycles. The lowest BCUT2D eigenvalue weighted by molar-refractivity contribution is 0.0962. The lowest BCUT2D eigenvalue weighted by atomic mass is 9.98. The lowest BCUT2D eigenvalue weighted by Crippen LogP contribution is -2.45. The van der Waals surface area contributed by atoms with Crippen molar-refractivity contribution in [2.75, 3.05) is 25.6 Å². The van der Waals surface area contributed by atoms with Gasteiger partial charge in [0.25, 0.3) is 0 Å². The Bertz CT molecular complexity index is 309. The Labute approximate surface area is 105 Å². The van der Waals surface area contributed by atoms with Crippen LogP contribution >= 0.6 is 15.9 Å². The molecule has 0 aromatic heterocycles. The van der Waals surface area contributed by atoms with Crippen molar-refractivity contribution in [2.24, 2.45) is 0 Å². The van der Waals surface area contributed by atoms with Crippen LogP contribution in [-0.4, -0.2) is 31.0 Å². The number of rotatable bonds is 6. The van der Waals surface area contributed by atoms with Gasteiger partial charge in [0.2, 0.25) is 0 Å². The van der Waals surface area contributed by atoms with E-state index >= 15 is 0 Å². The van der Waals surface area contributed by atoms with Crippen molar-refractivity contribution < 1.29 is 9.84 Å². The maximum Gasteiger partial charge on any atom is 0.0834 e. The Morgan fingerprint density at radius 1 is 1.38 bits per heavy atom. The molecule has 1 atom stereocenters. The largest absolute Gasteiger partial charge is 0.394 e. The number of ether oxygens (including phenoxy) is 1. The van der Waals surface area contributed by atoms with Crippen molar-refractivity contribution in [3.8, 4) is 0 Å². The highest BCUT2D eigenvalue weighted by Crippen LogP contribution is 2.21. The first kappa shape index (κ1) is 13.5. The quantitative estimate of drug-likeness (QED) is 0.845. The third-order valence-electron chi connectivity index (χ3n) is 2.65. The predicted molar refractivity (Wildman–Crippen MR) is 69.7 cm³/mol. The molecule has 2 N–H and O–H groups in total. The summed E-state index contributed by atoms with van der Waals surface area (Å²) in [5, 5.41) is 12.8. The van der Waals surface area contributed by atoms with Crippen molar-refractivity contribution in [1.29, 1.82) is 0 Å². The minimum atomic E-state index is -0.400. The molecule has 0 fully saturated rings. The molecule has 1 aromatic rings. The maximum absolute atomic E-state index is 9.47. The van der Waals surface area contributed by atoms with Gasteiger partial charge in [0, 0.05) is 17.3 Å². The number of halogens is 1. The number of hydrogen-bond donors (Lipinski definition) is 2. The molecular formula is C12H18BrNO2. The molecule has 0 spiro atoms. The second-order valence-electron chi connectivity index (χ2n) is 3.86. The van der Waals surface area contributed by atoms with E-state index in [9.17, 15) is 5.11 Å².